The summed E-state index contributed by atoms with van der Waals surface area (Å²) in [6, 6.07) is 12.8. The minimum absolute atomic E-state index is 0.00452. The maximum absolute atomic E-state index is 14.7. The molecule has 0 unspecified atom stereocenters. The van der Waals surface area contributed by atoms with E-state index in [1.807, 2.05) is 0 Å². The summed E-state index contributed by atoms with van der Waals surface area (Å²) in [5.41, 5.74) is 0.0762. The van der Waals surface area contributed by atoms with Crippen molar-refractivity contribution >= 4 is 23.9 Å². The SMILES string of the molecule is C=CC(=O)OCCCOc1ccc(C(=O)Oc2cc(F)c(OC(=O)c3ccc(OCCCOC(=O)C=C)cc3)c(F)c2)cc1. The van der Waals surface area contributed by atoms with Crippen molar-refractivity contribution in [1.29, 1.82) is 0 Å². The zero-order valence-corrected chi connectivity index (χ0v) is 23.4. The predicted molar refractivity (Wildman–Crippen MR) is 152 cm³/mol. The van der Waals surface area contributed by atoms with E-state index in [1.165, 1.54) is 48.5 Å². The van der Waals surface area contributed by atoms with E-state index in [9.17, 15) is 28.0 Å². The fourth-order valence-corrected chi connectivity index (χ4v) is 3.35. The lowest BCUT2D eigenvalue weighted by Crippen LogP contribution is -2.12. The molecule has 3 aromatic rings. The van der Waals surface area contributed by atoms with E-state index in [0.29, 0.717) is 36.5 Å². The Morgan fingerprint density at radius 1 is 0.591 bits per heavy atom. The Bertz CT molecular complexity index is 1460. The second-order valence-electron chi connectivity index (χ2n) is 8.69. The Kier molecular flexibility index (Phi) is 12.6. The molecule has 0 heterocycles. The number of halogens is 2. The third kappa shape index (κ3) is 10.4. The van der Waals surface area contributed by atoms with Crippen LogP contribution in [0.3, 0.4) is 0 Å². The van der Waals surface area contributed by atoms with Gasteiger partial charge in [-0.1, -0.05) is 13.2 Å². The van der Waals surface area contributed by atoms with Crippen molar-refractivity contribution in [2.45, 2.75) is 12.8 Å². The standard InChI is InChI=1S/C32H28F2O10/c1-3-28(35)41-17-5-15-39-23-11-7-21(8-12-23)31(37)43-25-19-26(33)30(27(34)20-25)44-32(38)22-9-13-24(14-10-22)40-16-6-18-42-29(36)4-2/h3-4,7-14,19-20H,1-2,5-6,15-18H2. The summed E-state index contributed by atoms with van der Waals surface area (Å²) < 4.78 is 59.9. The average molecular weight is 611 g/mol. The highest BCUT2D eigenvalue weighted by Crippen LogP contribution is 2.29. The molecule has 0 radical (unpaired) electrons. The van der Waals surface area contributed by atoms with Crippen molar-refractivity contribution in [2.24, 2.45) is 0 Å². The normalized spacial score (nSPS) is 10.2. The van der Waals surface area contributed by atoms with Crippen LogP contribution in [0.4, 0.5) is 8.78 Å². The molecule has 44 heavy (non-hydrogen) atoms. The summed E-state index contributed by atoms with van der Waals surface area (Å²) >= 11 is 0. The molecule has 0 bridgehead atoms. The molecular formula is C32H28F2O10. The van der Waals surface area contributed by atoms with E-state index < -0.39 is 47.0 Å². The van der Waals surface area contributed by atoms with Gasteiger partial charge >= 0.3 is 23.9 Å². The van der Waals surface area contributed by atoms with Crippen LogP contribution in [-0.2, 0) is 19.1 Å². The number of hydrogen-bond donors (Lipinski definition) is 0. The molecule has 0 fully saturated rings. The molecule has 0 aromatic heterocycles. The van der Waals surface area contributed by atoms with Crippen molar-refractivity contribution in [2.75, 3.05) is 26.4 Å². The first kappa shape index (κ1) is 33.0. The van der Waals surface area contributed by atoms with Crippen LogP contribution in [0.1, 0.15) is 33.6 Å². The molecule has 0 spiro atoms. The first-order valence-electron chi connectivity index (χ1n) is 13.2. The van der Waals surface area contributed by atoms with Crippen LogP contribution < -0.4 is 18.9 Å². The molecule has 0 N–H and O–H groups in total. The first-order chi connectivity index (χ1) is 21.2. The number of esters is 4. The number of ether oxygens (including phenoxy) is 6. The van der Waals surface area contributed by atoms with Gasteiger partial charge in [0.05, 0.1) is 37.6 Å². The minimum atomic E-state index is -1.26. The summed E-state index contributed by atoms with van der Waals surface area (Å²) in [6.45, 7) is 7.37. The van der Waals surface area contributed by atoms with E-state index in [1.54, 1.807) is 0 Å². The average Bonchev–Trinajstić information content (AvgIpc) is 3.02. The fourth-order valence-electron chi connectivity index (χ4n) is 3.35. The summed E-state index contributed by atoms with van der Waals surface area (Å²) in [7, 11) is 0. The minimum Gasteiger partial charge on any atom is -0.493 e. The predicted octanol–water partition coefficient (Wildman–Crippen LogP) is 5.40. The second kappa shape index (κ2) is 16.8. The van der Waals surface area contributed by atoms with Gasteiger partial charge in [-0.05, 0) is 48.5 Å². The van der Waals surface area contributed by atoms with Gasteiger partial charge in [-0.3, -0.25) is 0 Å². The highest BCUT2D eigenvalue weighted by Gasteiger charge is 2.20. The molecule has 12 heteroatoms. The molecule has 230 valence electrons. The third-order valence-corrected chi connectivity index (χ3v) is 5.49. The van der Waals surface area contributed by atoms with Gasteiger partial charge in [0.15, 0.2) is 11.6 Å². The molecular weight excluding hydrogens is 582 g/mol. The highest BCUT2D eigenvalue weighted by atomic mass is 19.1. The van der Waals surface area contributed by atoms with Gasteiger partial charge in [-0.2, -0.15) is 0 Å². The molecule has 0 atom stereocenters. The number of hydrogen-bond acceptors (Lipinski definition) is 10. The quantitative estimate of drug-likeness (QED) is 0.0902. The van der Waals surface area contributed by atoms with Gasteiger partial charge < -0.3 is 28.4 Å². The summed E-state index contributed by atoms with van der Waals surface area (Å²) in [4.78, 5) is 46.9. The zero-order valence-electron chi connectivity index (χ0n) is 23.4. The Labute approximate surface area is 251 Å². The summed E-state index contributed by atoms with van der Waals surface area (Å²) in [6.07, 6.45) is 2.97. The van der Waals surface area contributed by atoms with Gasteiger partial charge in [0.25, 0.3) is 0 Å². The zero-order chi connectivity index (χ0) is 31.9. The van der Waals surface area contributed by atoms with E-state index in [2.05, 4.69) is 13.2 Å². The molecule has 3 rings (SSSR count). The lowest BCUT2D eigenvalue weighted by molar-refractivity contribution is -0.138. The van der Waals surface area contributed by atoms with Crippen LogP contribution in [-0.4, -0.2) is 50.3 Å². The molecule has 0 aliphatic rings. The highest BCUT2D eigenvalue weighted by molar-refractivity contribution is 5.92. The van der Waals surface area contributed by atoms with Crippen LogP contribution in [0.5, 0.6) is 23.0 Å². The van der Waals surface area contributed by atoms with Crippen molar-refractivity contribution in [1.82, 2.24) is 0 Å². The molecule has 0 saturated heterocycles. The Morgan fingerprint density at radius 3 is 1.41 bits per heavy atom. The smallest absolute Gasteiger partial charge is 0.343 e. The van der Waals surface area contributed by atoms with Gasteiger partial charge in [-0.25, -0.2) is 28.0 Å². The maximum atomic E-state index is 14.7. The fraction of sp³-hybridized carbons (Fsp3) is 0.188. The van der Waals surface area contributed by atoms with E-state index in [4.69, 9.17) is 28.4 Å². The van der Waals surface area contributed by atoms with E-state index in [0.717, 1.165) is 12.2 Å². The van der Waals surface area contributed by atoms with Crippen molar-refractivity contribution < 1.29 is 56.4 Å². The van der Waals surface area contributed by atoms with Gasteiger partial charge in [0.2, 0.25) is 5.75 Å². The molecule has 0 aliphatic heterocycles. The molecule has 3 aromatic carbocycles. The van der Waals surface area contributed by atoms with Crippen LogP contribution in [0.15, 0.2) is 86.0 Å². The summed E-state index contributed by atoms with van der Waals surface area (Å²) in [5, 5.41) is 0. The monoisotopic (exact) mass is 610 g/mol. The lowest BCUT2D eigenvalue weighted by Gasteiger charge is -2.11. The van der Waals surface area contributed by atoms with Crippen LogP contribution in [0.25, 0.3) is 0 Å². The number of carbonyl (C=O) groups excluding carboxylic acids is 4. The first-order valence-corrected chi connectivity index (χ1v) is 13.2. The Balaban J connectivity index is 1.49. The van der Waals surface area contributed by atoms with E-state index >= 15 is 0 Å². The van der Waals surface area contributed by atoms with Crippen LogP contribution >= 0.6 is 0 Å². The third-order valence-electron chi connectivity index (χ3n) is 5.49. The van der Waals surface area contributed by atoms with Gasteiger partial charge in [-0.15, -0.1) is 0 Å². The second-order valence-corrected chi connectivity index (χ2v) is 8.69. The summed E-state index contributed by atoms with van der Waals surface area (Å²) in [5.74, 6) is -6.09. The molecule has 0 amide bonds. The largest absolute Gasteiger partial charge is 0.493 e. The lowest BCUT2D eigenvalue weighted by atomic mass is 10.2. The van der Waals surface area contributed by atoms with Crippen LogP contribution in [0.2, 0.25) is 0 Å². The van der Waals surface area contributed by atoms with Gasteiger partial charge in [0.1, 0.15) is 17.2 Å². The Morgan fingerprint density at radius 2 is 1.00 bits per heavy atom. The number of benzene rings is 3. The molecule has 0 aliphatic carbocycles. The number of carbonyl (C=O) groups is 4. The van der Waals surface area contributed by atoms with Crippen LogP contribution in [0, 0.1) is 11.6 Å². The maximum Gasteiger partial charge on any atom is 0.343 e. The van der Waals surface area contributed by atoms with Crippen molar-refractivity contribution in [3.8, 4) is 23.0 Å². The molecule has 0 saturated carbocycles. The molecule has 10 nitrogen and oxygen atoms in total. The van der Waals surface area contributed by atoms with Crippen molar-refractivity contribution in [3.63, 3.8) is 0 Å². The van der Waals surface area contributed by atoms with E-state index in [-0.39, 0.29) is 37.6 Å². The van der Waals surface area contributed by atoms with Crippen molar-refractivity contribution in [3.05, 3.63) is 109 Å². The Hall–Kier alpha value is -5.52. The number of rotatable bonds is 16. The van der Waals surface area contributed by atoms with Gasteiger partial charge in [0, 0.05) is 37.1 Å². The topological polar surface area (TPSA) is 124 Å².